The quantitative estimate of drug-likeness (QED) is 0.527. The Hall–Kier alpha value is -1.90. The van der Waals surface area contributed by atoms with E-state index in [-0.39, 0.29) is 5.82 Å². The van der Waals surface area contributed by atoms with Crippen LogP contribution in [0.15, 0.2) is 42.6 Å². The third kappa shape index (κ3) is 0.865. The summed E-state index contributed by atoms with van der Waals surface area (Å²) in [5.74, 6) is -0.235. The van der Waals surface area contributed by atoms with Crippen LogP contribution in [0.2, 0.25) is 0 Å². The molecule has 1 aromatic carbocycles. The van der Waals surface area contributed by atoms with Gasteiger partial charge in [0.2, 0.25) is 0 Å². The molecule has 68 valence electrons. The van der Waals surface area contributed by atoms with E-state index in [4.69, 9.17) is 0 Å². The molecule has 0 N–H and O–H groups in total. The minimum Gasteiger partial charge on any atom is -0.297 e. The summed E-state index contributed by atoms with van der Waals surface area (Å²) in [6, 6.07) is 10.5. The maximum atomic E-state index is 13.5. The zero-order valence-electron chi connectivity index (χ0n) is 7.31. The molecule has 0 saturated heterocycles. The highest BCUT2D eigenvalue weighted by Gasteiger charge is 2.06. The van der Waals surface area contributed by atoms with Crippen molar-refractivity contribution in [1.82, 2.24) is 9.38 Å². The summed E-state index contributed by atoms with van der Waals surface area (Å²) < 4.78 is 15.2. The smallest absolute Gasteiger partial charge is 0.149 e. The molecule has 0 unspecified atom stereocenters. The van der Waals surface area contributed by atoms with Crippen molar-refractivity contribution in [1.29, 1.82) is 0 Å². The average molecular weight is 186 g/mol. The maximum absolute atomic E-state index is 13.5. The second-order valence-corrected chi connectivity index (χ2v) is 3.15. The van der Waals surface area contributed by atoms with Crippen molar-refractivity contribution in [3.05, 3.63) is 48.4 Å². The lowest BCUT2D eigenvalue weighted by Gasteiger charge is -1.94. The fourth-order valence-corrected chi connectivity index (χ4v) is 1.67. The molecule has 0 fully saturated rings. The molecule has 2 heterocycles. The van der Waals surface area contributed by atoms with Crippen LogP contribution in [-0.4, -0.2) is 9.38 Å². The van der Waals surface area contributed by atoms with E-state index >= 15 is 0 Å². The molecule has 0 spiro atoms. The molecule has 0 amide bonds. The SMILES string of the molecule is Fc1cccc2nc3ccccn3c12. The topological polar surface area (TPSA) is 17.3 Å². The van der Waals surface area contributed by atoms with Gasteiger partial charge in [0.05, 0.1) is 5.52 Å². The van der Waals surface area contributed by atoms with Crippen LogP contribution >= 0.6 is 0 Å². The van der Waals surface area contributed by atoms with E-state index in [1.54, 1.807) is 10.5 Å². The Balaban J connectivity index is 2.65. The number of imidazole rings is 1. The normalized spacial score (nSPS) is 11.2. The Morgan fingerprint density at radius 2 is 2.00 bits per heavy atom. The zero-order chi connectivity index (χ0) is 9.54. The van der Waals surface area contributed by atoms with Crippen molar-refractivity contribution in [3.63, 3.8) is 0 Å². The van der Waals surface area contributed by atoms with Gasteiger partial charge >= 0.3 is 0 Å². The van der Waals surface area contributed by atoms with Crippen molar-refractivity contribution in [2.45, 2.75) is 0 Å². The van der Waals surface area contributed by atoms with Crippen molar-refractivity contribution in [2.75, 3.05) is 0 Å². The number of hydrogen-bond acceptors (Lipinski definition) is 1. The number of hydrogen-bond donors (Lipinski definition) is 0. The summed E-state index contributed by atoms with van der Waals surface area (Å²) in [5.41, 5.74) is 2.01. The van der Waals surface area contributed by atoms with Crippen molar-refractivity contribution < 1.29 is 4.39 Å². The van der Waals surface area contributed by atoms with Gasteiger partial charge < -0.3 is 0 Å². The molecule has 3 rings (SSSR count). The van der Waals surface area contributed by atoms with Gasteiger partial charge in [-0.25, -0.2) is 9.37 Å². The fourth-order valence-electron chi connectivity index (χ4n) is 1.67. The molecule has 0 aliphatic carbocycles. The lowest BCUT2D eigenvalue weighted by molar-refractivity contribution is 0.636. The first-order chi connectivity index (χ1) is 6.86. The van der Waals surface area contributed by atoms with Gasteiger partial charge in [-0.15, -0.1) is 0 Å². The van der Waals surface area contributed by atoms with Crippen LogP contribution in [0.25, 0.3) is 16.7 Å². The molecule has 0 saturated carbocycles. The van der Waals surface area contributed by atoms with Gasteiger partial charge in [0, 0.05) is 6.20 Å². The Morgan fingerprint density at radius 1 is 1.07 bits per heavy atom. The predicted molar refractivity (Wildman–Crippen MR) is 52.7 cm³/mol. The molecule has 0 aliphatic rings. The highest BCUT2D eigenvalue weighted by Crippen LogP contribution is 2.18. The van der Waals surface area contributed by atoms with Crippen molar-refractivity contribution >= 4 is 16.7 Å². The number of nitrogens with zero attached hydrogens (tertiary/aromatic N) is 2. The van der Waals surface area contributed by atoms with Gasteiger partial charge in [-0.3, -0.25) is 4.40 Å². The minimum absolute atomic E-state index is 0.235. The zero-order valence-corrected chi connectivity index (χ0v) is 7.31. The standard InChI is InChI=1S/C11H7FN2/c12-8-4-3-5-9-11(8)14-7-2-1-6-10(14)13-9/h1-7H. The predicted octanol–water partition coefficient (Wildman–Crippen LogP) is 2.63. The number of rotatable bonds is 0. The van der Waals surface area contributed by atoms with E-state index in [1.807, 2.05) is 30.5 Å². The van der Waals surface area contributed by atoms with Crippen LogP contribution in [0.5, 0.6) is 0 Å². The maximum Gasteiger partial charge on any atom is 0.149 e. The largest absolute Gasteiger partial charge is 0.297 e. The van der Waals surface area contributed by atoms with Gasteiger partial charge in [-0.05, 0) is 24.3 Å². The number of halogens is 1. The van der Waals surface area contributed by atoms with E-state index in [0.29, 0.717) is 11.0 Å². The number of fused-ring (bicyclic) bond motifs is 3. The van der Waals surface area contributed by atoms with Crippen LogP contribution in [0.1, 0.15) is 0 Å². The van der Waals surface area contributed by atoms with Gasteiger partial charge in [0.15, 0.2) is 0 Å². The number of aromatic nitrogens is 2. The van der Waals surface area contributed by atoms with Gasteiger partial charge in [-0.2, -0.15) is 0 Å². The van der Waals surface area contributed by atoms with Crippen LogP contribution in [0, 0.1) is 5.82 Å². The Kier molecular flexibility index (Phi) is 1.36. The van der Waals surface area contributed by atoms with Gasteiger partial charge in [0.1, 0.15) is 17.0 Å². The Morgan fingerprint density at radius 3 is 2.93 bits per heavy atom. The van der Waals surface area contributed by atoms with E-state index < -0.39 is 0 Å². The highest BCUT2D eigenvalue weighted by molar-refractivity contribution is 5.80. The monoisotopic (exact) mass is 186 g/mol. The number of pyridine rings is 1. The highest BCUT2D eigenvalue weighted by atomic mass is 19.1. The van der Waals surface area contributed by atoms with E-state index in [2.05, 4.69) is 4.98 Å². The van der Waals surface area contributed by atoms with Crippen LogP contribution in [0.3, 0.4) is 0 Å². The molecule has 3 aromatic rings. The van der Waals surface area contributed by atoms with Gasteiger partial charge in [-0.1, -0.05) is 12.1 Å². The molecule has 2 nitrogen and oxygen atoms in total. The van der Waals surface area contributed by atoms with Crippen LogP contribution in [-0.2, 0) is 0 Å². The number of para-hydroxylation sites is 1. The van der Waals surface area contributed by atoms with Crippen molar-refractivity contribution in [2.24, 2.45) is 0 Å². The fraction of sp³-hybridized carbons (Fsp3) is 0. The van der Waals surface area contributed by atoms with Gasteiger partial charge in [0.25, 0.3) is 0 Å². The molecule has 0 atom stereocenters. The first-order valence-corrected chi connectivity index (χ1v) is 4.37. The second-order valence-electron chi connectivity index (χ2n) is 3.15. The van der Waals surface area contributed by atoms with E-state index in [0.717, 1.165) is 5.65 Å². The summed E-state index contributed by atoms with van der Waals surface area (Å²) in [7, 11) is 0. The minimum atomic E-state index is -0.235. The third-order valence-corrected chi connectivity index (χ3v) is 2.28. The molecule has 0 aliphatic heterocycles. The van der Waals surface area contributed by atoms with E-state index in [1.165, 1.54) is 6.07 Å². The lowest BCUT2D eigenvalue weighted by Crippen LogP contribution is -1.84. The van der Waals surface area contributed by atoms with Crippen molar-refractivity contribution in [3.8, 4) is 0 Å². The third-order valence-electron chi connectivity index (χ3n) is 2.28. The summed E-state index contributed by atoms with van der Waals surface area (Å²) >= 11 is 0. The van der Waals surface area contributed by atoms with Crippen LogP contribution in [0.4, 0.5) is 4.39 Å². The van der Waals surface area contributed by atoms with Crippen LogP contribution < -0.4 is 0 Å². The lowest BCUT2D eigenvalue weighted by atomic mass is 10.3. The molecule has 2 aromatic heterocycles. The first-order valence-electron chi connectivity index (χ1n) is 4.37. The summed E-state index contributed by atoms with van der Waals surface area (Å²) in [5, 5.41) is 0. The molecule has 0 radical (unpaired) electrons. The molecular weight excluding hydrogens is 179 g/mol. The second kappa shape index (κ2) is 2.54. The average Bonchev–Trinajstić information content (AvgIpc) is 2.57. The first kappa shape index (κ1) is 7.50. The summed E-state index contributed by atoms with van der Waals surface area (Å²) in [6.07, 6.45) is 1.81. The van der Waals surface area contributed by atoms with E-state index in [9.17, 15) is 4.39 Å². The Bertz CT molecular complexity index is 613. The Labute approximate surface area is 79.6 Å². The molecule has 14 heavy (non-hydrogen) atoms. The summed E-state index contributed by atoms with van der Waals surface area (Å²) in [6.45, 7) is 0. The molecule has 3 heteroatoms. The number of benzene rings is 1. The molecule has 0 bridgehead atoms. The summed E-state index contributed by atoms with van der Waals surface area (Å²) in [4.78, 5) is 4.30. The molecular formula is C11H7FN2.